The first-order valence-corrected chi connectivity index (χ1v) is 6.13. The van der Waals surface area contributed by atoms with E-state index in [2.05, 4.69) is 24.5 Å². The maximum atomic E-state index is 10.2. The van der Waals surface area contributed by atoms with Crippen molar-refractivity contribution < 1.29 is 19.4 Å². The largest absolute Gasteiger partial charge is 0.481 e. The van der Waals surface area contributed by atoms with Crippen molar-refractivity contribution in [2.24, 2.45) is 0 Å². The lowest BCUT2D eigenvalue weighted by atomic mass is 10.2. The second-order valence-electron chi connectivity index (χ2n) is 3.77. The Labute approximate surface area is 126 Å². The van der Waals surface area contributed by atoms with Gasteiger partial charge in [-0.05, 0) is 12.5 Å². The van der Waals surface area contributed by atoms with Crippen LogP contribution in [0.4, 0.5) is 0 Å². The summed E-state index contributed by atoms with van der Waals surface area (Å²) in [5, 5.41) is 7.84. The zero-order valence-corrected chi connectivity index (χ0v) is 12.5. The number of esters is 1. The van der Waals surface area contributed by atoms with Gasteiger partial charge < -0.3 is 9.84 Å². The van der Waals surface area contributed by atoms with Crippen molar-refractivity contribution in [3.05, 3.63) is 67.3 Å². The summed E-state index contributed by atoms with van der Waals surface area (Å²) in [7, 11) is 1.33. The molecule has 1 N–H and O–H groups in total. The Balaban J connectivity index is 0. The topological polar surface area (TPSA) is 63.6 Å². The fourth-order valence-corrected chi connectivity index (χ4v) is 0.887. The smallest absolute Gasteiger partial charge is 0.332 e. The minimum atomic E-state index is -0.829. The van der Waals surface area contributed by atoms with E-state index in [0.29, 0.717) is 5.57 Å². The second kappa shape index (κ2) is 13.8. The van der Waals surface area contributed by atoms with Crippen molar-refractivity contribution in [3.63, 3.8) is 0 Å². The van der Waals surface area contributed by atoms with Crippen LogP contribution in [0.5, 0.6) is 0 Å². The molecule has 0 saturated heterocycles. The normalized spacial score (nSPS) is 7.90. The summed E-state index contributed by atoms with van der Waals surface area (Å²) < 4.78 is 4.27. The van der Waals surface area contributed by atoms with Gasteiger partial charge in [0.1, 0.15) is 0 Å². The molecule has 0 fully saturated rings. The number of aliphatic carboxylic acids is 1. The molecular weight excluding hydrogens is 268 g/mol. The molecule has 4 heteroatoms. The first-order valence-electron chi connectivity index (χ1n) is 6.13. The summed E-state index contributed by atoms with van der Waals surface area (Å²) in [5.41, 5.74) is 1.61. The lowest BCUT2D eigenvalue weighted by molar-refractivity contribution is -0.136. The molecular formula is C17H22O4. The number of hydrogen-bond acceptors (Lipinski definition) is 3. The van der Waals surface area contributed by atoms with Crippen molar-refractivity contribution in [1.29, 1.82) is 0 Å². The predicted molar refractivity (Wildman–Crippen MR) is 85.8 cm³/mol. The Morgan fingerprint density at radius 2 is 1.76 bits per heavy atom. The number of methoxy groups -OCH3 is 1. The summed E-state index contributed by atoms with van der Waals surface area (Å²) in [6.07, 6.45) is 3.24. The van der Waals surface area contributed by atoms with E-state index in [4.69, 9.17) is 5.11 Å². The summed E-state index contributed by atoms with van der Waals surface area (Å²) in [6.45, 7) is 11.8. The third-order valence-corrected chi connectivity index (χ3v) is 1.89. The molecule has 0 aliphatic rings. The fraction of sp³-hybridized carbons (Fsp3) is 0.176. The van der Waals surface area contributed by atoms with E-state index in [-0.39, 0.29) is 12.4 Å². The number of carbonyl (C=O) groups excluding carboxylic acids is 1. The fourth-order valence-electron chi connectivity index (χ4n) is 0.887. The van der Waals surface area contributed by atoms with E-state index < -0.39 is 5.97 Å². The molecule has 0 aliphatic heterocycles. The van der Waals surface area contributed by atoms with E-state index in [1.807, 2.05) is 36.4 Å². The van der Waals surface area contributed by atoms with E-state index >= 15 is 0 Å². The quantitative estimate of drug-likeness (QED) is 0.521. The van der Waals surface area contributed by atoms with Gasteiger partial charge in [-0.25, -0.2) is 4.79 Å². The van der Waals surface area contributed by atoms with Crippen molar-refractivity contribution in [1.82, 2.24) is 0 Å². The minimum absolute atomic E-state index is 0.0556. The van der Waals surface area contributed by atoms with E-state index in [1.54, 1.807) is 6.92 Å². The molecule has 0 radical (unpaired) electrons. The zero-order valence-electron chi connectivity index (χ0n) is 12.5. The van der Waals surface area contributed by atoms with Crippen molar-refractivity contribution in [2.75, 3.05) is 7.11 Å². The third-order valence-electron chi connectivity index (χ3n) is 1.89. The van der Waals surface area contributed by atoms with Crippen LogP contribution >= 0.6 is 0 Å². The number of carboxylic acids is 1. The van der Waals surface area contributed by atoms with Gasteiger partial charge in [0.2, 0.25) is 0 Å². The number of carbonyl (C=O) groups is 2. The Hall–Kier alpha value is -2.62. The van der Waals surface area contributed by atoms with Gasteiger partial charge in [0, 0.05) is 5.57 Å². The maximum Gasteiger partial charge on any atom is 0.332 e. The van der Waals surface area contributed by atoms with Gasteiger partial charge in [-0.3, -0.25) is 4.79 Å². The summed E-state index contributed by atoms with van der Waals surface area (Å²) in [6, 6.07) is 10.0. The van der Waals surface area contributed by atoms with Crippen LogP contribution < -0.4 is 0 Å². The zero-order chi connectivity index (χ0) is 16.7. The van der Waals surface area contributed by atoms with Gasteiger partial charge in [0.15, 0.2) is 0 Å². The molecule has 1 rings (SSSR count). The lowest BCUT2D eigenvalue weighted by Gasteiger charge is -1.91. The van der Waals surface area contributed by atoms with Crippen LogP contribution in [-0.4, -0.2) is 24.2 Å². The molecule has 0 aliphatic carbocycles. The van der Waals surface area contributed by atoms with Crippen LogP contribution in [0.3, 0.4) is 0 Å². The molecule has 0 heterocycles. The Morgan fingerprint density at radius 1 is 1.24 bits per heavy atom. The van der Waals surface area contributed by atoms with Crippen LogP contribution in [0.1, 0.15) is 18.9 Å². The Kier molecular flexibility index (Phi) is 13.6. The van der Waals surface area contributed by atoms with Gasteiger partial charge in [-0.1, -0.05) is 55.6 Å². The van der Waals surface area contributed by atoms with Crippen LogP contribution in [0.25, 0.3) is 6.08 Å². The Morgan fingerprint density at radius 3 is 1.90 bits per heavy atom. The van der Waals surface area contributed by atoms with Crippen LogP contribution in [-0.2, 0) is 14.3 Å². The molecule has 0 unspecified atom stereocenters. The molecule has 0 aromatic heterocycles. The monoisotopic (exact) mass is 290 g/mol. The summed E-state index contributed by atoms with van der Waals surface area (Å²) in [5.74, 6) is -1.18. The number of hydrogen-bond donors (Lipinski definition) is 1. The second-order valence-corrected chi connectivity index (χ2v) is 3.77. The van der Waals surface area contributed by atoms with Gasteiger partial charge in [-0.2, -0.15) is 0 Å². The lowest BCUT2D eigenvalue weighted by Crippen LogP contribution is -1.98. The van der Waals surface area contributed by atoms with Crippen molar-refractivity contribution in [3.8, 4) is 0 Å². The van der Waals surface area contributed by atoms with Crippen LogP contribution in [0, 0.1) is 0 Å². The van der Waals surface area contributed by atoms with E-state index in [0.717, 1.165) is 0 Å². The summed E-state index contributed by atoms with van der Waals surface area (Å²) >= 11 is 0. The van der Waals surface area contributed by atoms with E-state index in [9.17, 15) is 9.59 Å². The van der Waals surface area contributed by atoms with Gasteiger partial charge in [0.05, 0.1) is 13.5 Å². The molecule has 114 valence electrons. The Bertz CT molecular complexity index is 461. The van der Waals surface area contributed by atoms with Gasteiger partial charge >= 0.3 is 11.9 Å². The van der Waals surface area contributed by atoms with Gasteiger partial charge in [0.25, 0.3) is 0 Å². The molecule has 4 nitrogen and oxygen atoms in total. The highest BCUT2D eigenvalue weighted by molar-refractivity contribution is 5.86. The molecule has 1 aromatic rings. The van der Waals surface area contributed by atoms with E-state index in [1.165, 1.54) is 18.7 Å². The SMILES string of the molecule is C=C(C)C(=O)OC.C=CCC(=O)O.C=Cc1ccccc1. The molecule has 21 heavy (non-hydrogen) atoms. The highest BCUT2D eigenvalue weighted by Gasteiger charge is 1.95. The van der Waals surface area contributed by atoms with Crippen LogP contribution in [0.2, 0.25) is 0 Å². The average Bonchev–Trinajstić information content (AvgIpc) is 2.48. The predicted octanol–water partition coefficient (Wildman–Crippen LogP) is 3.71. The highest BCUT2D eigenvalue weighted by Crippen LogP contribution is 1.97. The first-order chi connectivity index (χ1) is 9.88. The molecule has 0 amide bonds. The number of benzene rings is 1. The standard InChI is InChI=1S/C8H8.C5H8O2.C4H6O2/c1-2-8-6-4-3-5-7-8;1-4(2)5(6)7-3;1-2-3-4(5)6/h2-7H,1H2;1H2,2-3H3;2H,1,3H2,(H,5,6). The molecule has 0 atom stereocenters. The number of rotatable bonds is 4. The molecule has 0 spiro atoms. The average molecular weight is 290 g/mol. The maximum absolute atomic E-state index is 10.2. The van der Waals surface area contributed by atoms with Gasteiger partial charge in [-0.15, -0.1) is 6.58 Å². The molecule has 0 bridgehead atoms. The van der Waals surface area contributed by atoms with Crippen molar-refractivity contribution in [2.45, 2.75) is 13.3 Å². The number of ether oxygens (including phenoxy) is 1. The third kappa shape index (κ3) is 15.3. The highest BCUT2D eigenvalue weighted by atomic mass is 16.5. The van der Waals surface area contributed by atoms with Crippen molar-refractivity contribution >= 4 is 18.0 Å². The first kappa shape index (κ1) is 20.7. The minimum Gasteiger partial charge on any atom is -0.481 e. The molecule has 0 saturated carbocycles. The molecule has 1 aromatic carbocycles. The number of carboxylic acid groups (broad SMARTS) is 1. The van der Waals surface area contributed by atoms with Crippen LogP contribution in [0.15, 0.2) is 61.7 Å². The summed E-state index contributed by atoms with van der Waals surface area (Å²) in [4.78, 5) is 19.7.